The summed E-state index contributed by atoms with van der Waals surface area (Å²) in [6, 6.07) is 0. The van der Waals surface area contributed by atoms with Crippen LogP contribution < -0.4 is 0 Å². The van der Waals surface area contributed by atoms with Gasteiger partial charge in [0, 0.05) is 0 Å². The first-order valence-electron chi connectivity index (χ1n) is 37.5. The predicted molar refractivity (Wildman–Crippen MR) is 426 cm³/mol. The molecular formula is C89H192. The fraction of sp³-hybridized carbons (Fsp3) is 0.978. The van der Waals surface area contributed by atoms with E-state index >= 15 is 0 Å². The predicted octanol–water partition coefficient (Wildman–Crippen LogP) is 32.4. The average Bonchev–Trinajstić information content (AvgIpc) is 2.84. The second-order valence-electron chi connectivity index (χ2n) is 34.3. The van der Waals surface area contributed by atoms with Gasteiger partial charge < -0.3 is 0 Å². The van der Waals surface area contributed by atoms with E-state index in [2.05, 4.69) is 206 Å². The normalized spacial score (nSPS) is 28.7. The third-order valence-corrected chi connectivity index (χ3v) is 23.8. The molecule has 0 heteroatoms. The molecule has 0 spiro atoms. The van der Waals surface area contributed by atoms with E-state index in [0.29, 0.717) is 0 Å². The number of hydrogen-bond acceptors (Lipinski definition) is 0. The minimum absolute atomic E-state index is 0. The summed E-state index contributed by atoms with van der Waals surface area (Å²) in [5, 5.41) is 0. The Morgan fingerprint density at radius 3 is 0.438 bits per heavy atom. The zero-order valence-electron chi connectivity index (χ0n) is 61.6. The molecule has 14 atom stereocenters. The quantitative estimate of drug-likeness (QED) is 0.120. The van der Waals surface area contributed by atoms with E-state index in [1.54, 1.807) is 0 Å². The lowest BCUT2D eigenvalue weighted by atomic mass is 9.64. The van der Waals surface area contributed by atoms with Gasteiger partial charge in [0.1, 0.15) is 0 Å². The van der Waals surface area contributed by atoms with Crippen LogP contribution in [0.4, 0.5) is 0 Å². The van der Waals surface area contributed by atoms with Crippen molar-refractivity contribution < 1.29 is 0 Å². The summed E-state index contributed by atoms with van der Waals surface area (Å²) in [5.74, 6) is 26.7. The van der Waals surface area contributed by atoms with E-state index in [-0.39, 0.29) is 59.4 Å². The van der Waals surface area contributed by atoms with Gasteiger partial charge in [-0.3, -0.25) is 0 Å². The molecule has 0 aliphatic heterocycles. The van der Waals surface area contributed by atoms with Crippen molar-refractivity contribution in [1.29, 1.82) is 0 Å². The summed E-state index contributed by atoms with van der Waals surface area (Å²) in [6.07, 6.45) is 38.5. The highest BCUT2D eigenvalue weighted by Crippen LogP contribution is 2.49. The van der Waals surface area contributed by atoms with E-state index in [4.69, 9.17) is 0 Å². The zero-order valence-corrected chi connectivity index (χ0v) is 61.6. The van der Waals surface area contributed by atoms with Gasteiger partial charge in [-0.25, -0.2) is 0 Å². The van der Waals surface area contributed by atoms with Gasteiger partial charge in [-0.15, -0.1) is 0 Å². The molecule has 7 aliphatic carbocycles. The van der Waals surface area contributed by atoms with Crippen molar-refractivity contribution in [2.75, 3.05) is 0 Å². The molecule has 6 saturated carbocycles. The fourth-order valence-electron chi connectivity index (χ4n) is 18.1. The Morgan fingerprint density at radius 1 is 0.157 bits per heavy atom. The molecule has 0 aromatic rings. The first-order chi connectivity index (χ1) is 37.9. The van der Waals surface area contributed by atoms with Crippen LogP contribution in [0.2, 0.25) is 0 Å². The maximum Gasteiger partial charge on any atom is -0.0317 e. The monoisotopic (exact) mass is 1260 g/mol. The molecule has 0 bridgehead atoms. The lowest BCUT2D eigenvalue weighted by molar-refractivity contribution is 0.0793. The Balaban J connectivity index is -0.000000142. The number of hydrogen-bond donors (Lipinski definition) is 0. The molecule has 89 heavy (non-hydrogen) atoms. The van der Waals surface area contributed by atoms with E-state index in [0.717, 1.165) is 166 Å². The van der Waals surface area contributed by atoms with Gasteiger partial charge in [0.2, 0.25) is 0 Å². The molecule has 0 radical (unpaired) electrons. The molecule has 14 unspecified atom stereocenters. The standard InChI is InChI=1S/C14H28.C13H26.C12H24.C12H22.C11H22.C10H20.C9H18.8CH4/c1-11(2)13-9-7-5-6-8-10-14(13)12(3)4;1-10(2)12-8-6-5-7-9-13(12)11(3)4;2*1-9(2)11-7-5-6-8-12(11)10(3)4;1-8(2)10-6-5-7-11(10)9(3)4;1-7(2)9-5-6-10(9)8(3)4;1-6(2)8-5-9(8)7(3)4;;;;;;;;/h11-14H,5-10H2,1-4H3;10-13H,5-9H2,1-4H3;9-12H,5-8H2,1-4H3;5-6,9-12H,7-8H2,1-4H3;8-11H,5-7H2,1-4H3;7-10H,5-6H2,1-4H3;6-9H,5H2,1-4H3;8*1H4. The van der Waals surface area contributed by atoms with Crippen LogP contribution in [0.1, 0.15) is 401 Å². The maximum absolute atomic E-state index is 2.42. The summed E-state index contributed by atoms with van der Waals surface area (Å²) in [5.41, 5.74) is 0. The van der Waals surface area contributed by atoms with Crippen molar-refractivity contribution in [1.82, 2.24) is 0 Å². The molecule has 6 fully saturated rings. The minimum atomic E-state index is 0. The lowest BCUT2D eigenvalue weighted by Gasteiger charge is -2.42. The topological polar surface area (TPSA) is 0 Å². The van der Waals surface area contributed by atoms with E-state index in [1.807, 2.05) is 0 Å². The molecule has 0 saturated heterocycles. The molecule has 0 nitrogen and oxygen atoms in total. The van der Waals surface area contributed by atoms with Crippen molar-refractivity contribution in [3.05, 3.63) is 12.2 Å². The Bertz CT molecular complexity index is 1380. The number of allylic oxidation sites excluding steroid dienone is 2. The zero-order chi connectivity index (χ0) is 61.8. The smallest absolute Gasteiger partial charge is 0.0317 e. The third kappa shape index (κ3) is 39.5. The van der Waals surface area contributed by atoms with E-state index in [1.165, 1.54) is 148 Å². The van der Waals surface area contributed by atoms with E-state index in [9.17, 15) is 0 Å². The Kier molecular flexibility index (Phi) is 65.7. The van der Waals surface area contributed by atoms with E-state index < -0.39 is 0 Å². The largest absolute Gasteiger partial charge is 0.0882 e. The molecule has 0 aromatic heterocycles. The molecule has 0 amide bonds. The van der Waals surface area contributed by atoms with Crippen LogP contribution in [-0.4, -0.2) is 0 Å². The van der Waals surface area contributed by atoms with Gasteiger partial charge in [0.15, 0.2) is 0 Å². The van der Waals surface area contributed by atoms with Gasteiger partial charge in [0.25, 0.3) is 0 Å². The van der Waals surface area contributed by atoms with Crippen molar-refractivity contribution >= 4 is 0 Å². The first-order valence-corrected chi connectivity index (χ1v) is 37.5. The fourth-order valence-corrected chi connectivity index (χ4v) is 18.1. The van der Waals surface area contributed by atoms with Crippen LogP contribution in [0.5, 0.6) is 0 Å². The highest BCUT2D eigenvalue weighted by atomic mass is 14.5. The molecule has 0 N–H and O–H groups in total. The van der Waals surface area contributed by atoms with Gasteiger partial charge in [-0.05, 0) is 249 Å². The summed E-state index contributed by atoms with van der Waals surface area (Å²) in [7, 11) is 0. The SMILES string of the molecule is C.C.C.C.C.C.C.C.CC(C)C1CC1C(C)C.CC(C)C1CC=CCC1C(C)C.CC(C)C1CCC1C(C)C.CC(C)C1CCCC1C(C)C.CC(C)C1CCCCC1C(C)C.CC(C)C1CCCCCC1C(C)C.CC(C)C1CCCCCCC1C(C)C. The van der Waals surface area contributed by atoms with Crippen molar-refractivity contribution in [3.8, 4) is 0 Å². The van der Waals surface area contributed by atoms with Crippen LogP contribution in [-0.2, 0) is 0 Å². The van der Waals surface area contributed by atoms with Crippen LogP contribution >= 0.6 is 0 Å². The van der Waals surface area contributed by atoms with Crippen LogP contribution in [0, 0.1) is 166 Å². The third-order valence-electron chi connectivity index (χ3n) is 23.8. The minimum Gasteiger partial charge on any atom is -0.0882 e. The van der Waals surface area contributed by atoms with Crippen molar-refractivity contribution in [2.45, 2.75) is 401 Å². The second kappa shape index (κ2) is 55.8. The Hall–Kier alpha value is -0.260. The molecule has 548 valence electrons. The van der Waals surface area contributed by atoms with Crippen LogP contribution in [0.3, 0.4) is 0 Å². The summed E-state index contributed by atoms with van der Waals surface area (Å²) in [4.78, 5) is 0. The molecule has 0 aromatic carbocycles. The highest BCUT2D eigenvalue weighted by Gasteiger charge is 2.41. The molecule has 7 aliphatic rings. The second-order valence-corrected chi connectivity index (χ2v) is 34.3. The van der Waals surface area contributed by atoms with Gasteiger partial charge in [-0.2, -0.15) is 0 Å². The van der Waals surface area contributed by atoms with Crippen LogP contribution in [0.25, 0.3) is 0 Å². The summed E-state index contributed by atoms with van der Waals surface area (Å²) < 4.78 is 0. The maximum atomic E-state index is 2.42. The summed E-state index contributed by atoms with van der Waals surface area (Å²) in [6.45, 7) is 66.6. The Labute approximate surface area is 575 Å². The summed E-state index contributed by atoms with van der Waals surface area (Å²) >= 11 is 0. The van der Waals surface area contributed by atoms with Gasteiger partial charge >= 0.3 is 0 Å². The van der Waals surface area contributed by atoms with Gasteiger partial charge in [0.05, 0.1) is 0 Å². The van der Waals surface area contributed by atoms with Crippen LogP contribution in [0.15, 0.2) is 12.2 Å². The average molecular weight is 1260 g/mol. The molecular weight excluding hydrogens is 1070 g/mol. The van der Waals surface area contributed by atoms with Crippen molar-refractivity contribution in [2.24, 2.45) is 166 Å². The first kappa shape index (κ1) is 105. The van der Waals surface area contributed by atoms with Crippen molar-refractivity contribution in [3.63, 3.8) is 0 Å². The number of rotatable bonds is 14. The highest BCUT2D eigenvalue weighted by molar-refractivity contribution is 4.96. The van der Waals surface area contributed by atoms with Gasteiger partial charge in [-0.1, -0.05) is 330 Å². The Morgan fingerprint density at radius 2 is 0.292 bits per heavy atom. The molecule has 0 heterocycles. The lowest BCUT2D eigenvalue weighted by Crippen LogP contribution is -2.33. The molecule has 7 rings (SSSR count).